The number of ether oxygens (including phenoxy) is 1. The molecule has 1 aromatic rings. The molecule has 0 unspecified atom stereocenters. The van der Waals surface area contributed by atoms with Crippen molar-refractivity contribution < 1.29 is 9.84 Å². The van der Waals surface area contributed by atoms with Crippen molar-refractivity contribution in [3.8, 4) is 11.5 Å². The Balaban J connectivity index is 2.91. The lowest BCUT2D eigenvalue weighted by molar-refractivity contribution is 0.313. The van der Waals surface area contributed by atoms with Gasteiger partial charge in [-0.15, -0.1) is 0 Å². The van der Waals surface area contributed by atoms with Crippen LogP contribution < -0.4 is 10.1 Å². The fourth-order valence-electron chi connectivity index (χ4n) is 1.53. The van der Waals surface area contributed by atoms with E-state index in [9.17, 15) is 5.11 Å². The number of nitrogens with one attached hydrogen (secondary N) is 1. The number of aromatic hydroxyl groups is 1. The minimum absolute atomic E-state index is 0.338. The summed E-state index contributed by atoms with van der Waals surface area (Å²) in [5, 5.41) is 12.7. The van der Waals surface area contributed by atoms with E-state index in [0.29, 0.717) is 18.3 Å². The molecule has 0 saturated carbocycles. The maximum atomic E-state index is 9.68. The van der Waals surface area contributed by atoms with Gasteiger partial charge in [-0.25, -0.2) is 0 Å². The maximum absolute atomic E-state index is 9.68. The molecule has 2 N–H and O–H groups in total. The van der Waals surface area contributed by atoms with E-state index >= 15 is 0 Å². The Labute approximate surface area is 97.4 Å². The molecule has 0 aliphatic heterocycles. The zero-order valence-corrected chi connectivity index (χ0v) is 10.5. The molecule has 3 nitrogen and oxygen atoms in total. The van der Waals surface area contributed by atoms with Gasteiger partial charge in [0.2, 0.25) is 0 Å². The Morgan fingerprint density at radius 3 is 2.62 bits per heavy atom. The van der Waals surface area contributed by atoms with Crippen LogP contribution in [-0.2, 0) is 0 Å². The molecule has 0 spiro atoms. The monoisotopic (exact) mass is 223 g/mol. The molecule has 3 heteroatoms. The van der Waals surface area contributed by atoms with Gasteiger partial charge < -0.3 is 15.2 Å². The third-order valence-corrected chi connectivity index (χ3v) is 2.56. The van der Waals surface area contributed by atoms with E-state index in [-0.39, 0.29) is 0 Å². The molecule has 0 aliphatic carbocycles. The van der Waals surface area contributed by atoms with E-state index in [0.717, 1.165) is 23.4 Å². The molecule has 1 aromatic carbocycles. The van der Waals surface area contributed by atoms with Crippen LogP contribution >= 0.6 is 0 Å². The highest BCUT2D eigenvalue weighted by Gasteiger charge is 2.11. The number of phenolic OH excluding ortho intramolecular Hbond substituents is 1. The number of aryl methyl sites for hydroxylation is 1. The second kappa shape index (κ2) is 5.75. The van der Waals surface area contributed by atoms with Crippen molar-refractivity contribution in [2.45, 2.75) is 26.7 Å². The summed E-state index contributed by atoms with van der Waals surface area (Å²) >= 11 is 0. The van der Waals surface area contributed by atoms with E-state index < -0.39 is 0 Å². The first kappa shape index (κ1) is 12.8. The van der Waals surface area contributed by atoms with Crippen molar-refractivity contribution in [3.63, 3.8) is 0 Å². The first-order chi connectivity index (χ1) is 7.56. The lowest BCUT2D eigenvalue weighted by Crippen LogP contribution is -2.16. The molecular weight excluding hydrogens is 202 g/mol. The minimum Gasteiger partial charge on any atom is -0.508 e. The van der Waals surface area contributed by atoms with Gasteiger partial charge >= 0.3 is 0 Å². The molecule has 1 rings (SSSR count). The second-order valence-electron chi connectivity index (χ2n) is 4.28. The fraction of sp³-hybridized carbons (Fsp3) is 0.538. The number of rotatable bonds is 5. The van der Waals surface area contributed by atoms with E-state index in [1.54, 1.807) is 6.07 Å². The SMILES string of the molecule is CNCCOc1cc(C)c(O)cc1C(C)C. The molecule has 90 valence electrons. The molecule has 0 amide bonds. The van der Waals surface area contributed by atoms with Gasteiger partial charge in [0.25, 0.3) is 0 Å². The molecule has 0 atom stereocenters. The molecule has 0 aromatic heterocycles. The van der Waals surface area contributed by atoms with Crippen LogP contribution in [0.5, 0.6) is 11.5 Å². The van der Waals surface area contributed by atoms with E-state index in [2.05, 4.69) is 19.2 Å². The third kappa shape index (κ3) is 3.14. The molecule has 0 aliphatic rings. The summed E-state index contributed by atoms with van der Waals surface area (Å²) in [7, 11) is 1.90. The van der Waals surface area contributed by atoms with Crippen LogP contribution in [0.4, 0.5) is 0 Å². The van der Waals surface area contributed by atoms with Gasteiger partial charge in [0, 0.05) is 12.1 Å². The minimum atomic E-state index is 0.338. The van der Waals surface area contributed by atoms with Gasteiger partial charge in [0.1, 0.15) is 18.1 Å². The molecule has 0 fully saturated rings. The summed E-state index contributed by atoms with van der Waals surface area (Å²) in [5.74, 6) is 1.56. The first-order valence-corrected chi connectivity index (χ1v) is 5.67. The highest BCUT2D eigenvalue weighted by molar-refractivity contribution is 5.46. The zero-order chi connectivity index (χ0) is 12.1. The van der Waals surface area contributed by atoms with Crippen molar-refractivity contribution in [1.82, 2.24) is 5.32 Å². The van der Waals surface area contributed by atoms with E-state index in [4.69, 9.17) is 4.74 Å². The van der Waals surface area contributed by atoms with Crippen LogP contribution in [-0.4, -0.2) is 25.3 Å². The van der Waals surface area contributed by atoms with Crippen molar-refractivity contribution in [3.05, 3.63) is 23.3 Å². The average Bonchev–Trinajstić information content (AvgIpc) is 2.23. The average molecular weight is 223 g/mol. The predicted molar refractivity (Wildman–Crippen MR) is 66.4 cm³/mol. The summed E-state index contributed by atoms with van der Waals surface area (Å²) in [5.41, 5.74) is 1.91. The molecule has 0 radical (unpaired) electrons. The van der Waals surface area contributed by atoms with Crippen LogP contribution in [0, 0.1) is 6.92 Å². The first-order valence-electron chi connectivity index (χ1n) is 5.67. The Bertz CT molecular complexity index is 348. The van der Waals surface area contributed by atoms with Gasteiger partial charge in [-0.2, -0.15) is 0 Å². The zero-order valence-electron chi connectivity index (χ0n) is 10.5. The van der Waals surface area contributed by atoms with Crippen molar-refractivity contribution >= 4 is 0 Å². The number of hydrogen-bond acceptors (Lipinski definition) is 3. The largest absolute Gasteiger partial charge is 0.508 e. The number of benzene rings is 1. The second-order valence-corrected chi connectivity index (χ2v) is 4.28. The van der Waals surface area contributed by atoms with Crippen LogP contribution in [0.3, 0.4) is 0 Å². The van der Waals surface area contributed by atoms with Crippen LogP contribution in [0.1, 0.15) is 30.9 Å². The van der Waals surface area contributed by atoms with Crippen LogP contribution in [0.15, 0.2) is 12.1 Å². The van der Waals surface area contributed by atoms with Crippen LogP contribution in [0.25, 0.3) is 0 Å². The Kier molecular flexibility index (Phi) is 4.62. The molecule has 16 heavy (non-hydrogen) atoms. The lowest BCUT2D eigenvalue weighted by atomic mass is 10.00. The summed E-state index contributed by atoms with van der Waals surface area (Å²) in [6, 6.07) is 3.70. The summed E-state index contributed by atoms with van der Waals surface area (Å²) in [6.07, 6.45) is 0. The number of phenols is 1. The lowest BCUT2D eigenvalue weighted by Gasteiger charge is -2.15. The topological polar surface area (TPSA) is 41.5 Å². The molecule has 0 heterocycles. The van der Waals surface area contributed by atoms with Gasteiger partial charge in [0.15, 0.2) is 0 Å². The summed E-state index contributed by atoms with van der Waals surface area (Å²) in [6.45, 7) is 7.52. The van der Waals surface area contributed by atoms with Crippen molar-refractivity contribution in [2.75, 3.05) is 20.2 Å². The van der Waals surface area contributed by atoms with Gasteiger partial charge in [-0.1, -0.05) is 13.8 Å². The Morgan fingerprint density at radius 2 is 2.06 bits per heavy atom. The highest BCUT2D eigenvalue weighted by atomic mass is 16.5. The smallest absolute Gasteiger partial charge is 0.123 e. The van der Waals surface area contributed by atoms with E-state index in [1.807, 2.05) is 20.0 Å². The van der Waals surface area contributed by atoms with Gasteiger partial charge in [-0.3, -0.25) is 0 Å². The van der Waals surface area contributed by atoms with Gasteiger partial charge in [-0.05, 0) is 37.6 Å². The molecular formula is C13H21NO2. The Hall–Kier alpha value is -1.22. The quantitative estimate of drug-likeness (QED) is 0.753. The van der Waals surface area contributed by atoms with Crippen LogP contribution in [0.2, 0.25) is 0 Å². The normalized spacial score (nSPS) is 10.8. The highest BCUT2D eigenvalue weighted by Crippen LogP contribution is 2.32. The number of hydrogen-bond donors (Lipinski definition) is 2. The van der Waals surface area contributed by atoms with Crippen molar-refractivity contribution in [2.24, 2.45) is 0 Å². The summed E-state index contributed by atoms with van der Waals surface area (Å²) in [4.78, 5) is 0. The van der Waals surface area contributed by atoms with Gasteiger partial charge in [0.05, 0.1) is 0 Å². The predicted octanol–water partition coefficient (Wildman–Crippen LogP) is 2.42. The van der Waals surface area contributed by atoms with E-state index in [1.165, 1.54) is 0 Å². The Morgan fingerprint density at radius 1 is 1.38 bits per heavy atom. The standard InChI is InChI=1S/C13H21NO2/c1-9(2)11-8-12(15)10(3)7-13(11)16-6-5-14-4/h7-9,14-15H,5-6H2,1-4H3. The molecule has 0 bridgehead atoms. The maximum Gasteiger partial charge on any atom is 0.123 e. The third-order valence-electron chi connectivity index (χ3n) is 2.56. The molecule has 0 saturated heterocycles. The number of likely N-dealkylation sites (N-methyl/N-ethyl adjacent to an activating group) is 1. The summed E-state index contributed by atoms with van der Waals surface area (Å²) < 4.78 is 5.70. The van der Waals surface area contributed by atoms with Crippen molar-refractivity contribution in [1.29, 1.82) is 0 Å². The fourth-order valence-corrected chi connectivity index (χ4v) is 1.53.